The molecule has 0 atom stereocenters. The van der Waals surface area contributed by atoms with E-state index in [0.29, 0.717) is 33.0 Å². The molecule has 0 saturated carbocycles. The topological polar surface area (TPSA) is 48.0 Å². The lowest BCUT2D eigenvalue weighted by atomic mass is 10.1. The molecular formula is C15H17NO4S2. The summed E-state index contributed by atoms with van der Waals surface area (Å²) >= 11 is 6.50. The molecule has 0 unspecified atom stereocenters. The molecule has 0 radical (unpaired) electrons. The minimum atomic E-state index is -0.0775. The number of thioether (sulfide) groups is 1. The fraction of sp³-hybridized carbons (Fsp3) is 0.333. The minimum absolute atomic E-state index is 0.0775. The van der Waals surface area contributed by atoms with Gasteiger partial charge in [-0.15, -0.1) is 0 Å². The summed E-state index contributed by atoms with van der Waals surface area (Å²) in [5, 5.41) is 0. The van der Waals surface area contributed by atoms with Crippen molar-refractivity contribution in [3.63, 3.8) is 0 Å². The molecule has 1 aromatic rings. The molecule has 1 aromatic carbocycles. The van der Waals surface area contributed by atoms with Crippen LogP contribution >= 0.6 is 24.0 Å². The first-order valence-corrected chi connectivity index (χ1v) is 7.83. The summed E-state index contributed by atoms with van der Waals surface area (Å²) in [6, 6.07) is 3.58. The van der Waals surface area contributed by atoms with Gasteiger partial charge in [-0.2, -0.15) is 0 Å². The fourth-order valence-corrected chi connectivity index (χ4v) is 3.49. The van der Waals surface area contributed by atoms with Crippen LogP contribution in [0.2, 0.25) is 0 Å². The van der Waals surface area contributed by atoms with Crippen molar-refractivity contribution in [3.8, 4) is 17.2 Å². The SMILES string of the molecule is CCN1C(=O)/C(=C/c2cc(OC)c(OC)c(OC)c2)SC1=S. The molecule has 1 heterocycles. The Hall–Kier alpha value is -1.73. The molecule has 0 spiro atoms. The highest BCUT2D eigenvalue weighted by Gasteiger charge is 2.30. The van der Waals surface area contributed by atoms with Gasteiger partial charge in [0, 0.05) is 6.54 Å². The molecule has 0 N–H and O–H groups in total. The highest BCUT2D eigenvalue weighted by atomic mass is 32.2. The van der Waals surface area contributed by atoms with Crippen LogP contribution in [-0.4, -0.2) is 43.0 Å². The average Bonchev–Trinajstić information content (AvgIpc) is 2.79. The third kappa shape index (κ3) is 3.05. The highest BCUT2D eigenvalue weighted by molar-refractivity contribution is 8.26. The molecule has 0 aliphatic carbocycles. The van der Waals surface area contributed by atoms with E-state index in [1.165, 1.54) is 11.8 Å². The van der Waals surface area contributed by atoms with Gasteiger partial charge in [0.2, 0.25) is 5.75 Å². The number of carbonyl (C=O) groups is 1. The van der Waals surface area contributed by atoms with Crippen LogP contribution in [0.25, 0.3) is 6.08 Å². The largest absolute Gasteiger partial charge is 0.493 e. The maximum absolute atomic E-state index is 12.2. The van der Waals surface area contributed by atoms with Gasteiger partial charge in [-0.05, 0) is 30.7 Å². The first kappa shape index (κ1) is 16.6. The molecule has 1 aliphatic heterocycles. The molecule has 118 valence electrons. The Morgan fingerprint density at radius 2 is 1.77 bits per heavy atom. The molecule has 2 rings (SSSR count). The number of hydrogen-bond acceptors (Lipinski definition) is 6. The second-order valence-electron chi connectivity index (χ2n) is 4.38. The van der Waals surface area contributed by atoms with Gasteiger partial charge >= 0.3 is 0 Å². The summed E-state index contributed by atoms with van der Waals surface area (Å²) in [6.07, 6.45) is 1.78. The van der Waals surface area contributed by atoms with Crippen LogP contribution in [0.15, 0.2) is 17.0 Å². The van der Waals surface area contributed by atoms with Gasteiger partial charge in [0.25, 0.3) is 5.91 Å². The predicted octanol–water partition coefficient (Wildman–Crippen LogP) is 2.93. The number of nitrogens with zero attached hydrogens (tertiary/aromatic N) is 1. The molecule has 1 amide bonds. The zero-order chi connectivity index (χ0) is 16.3. The van der Waals surface area contributed by atoms with Gasteiger partial charge in [-0.1, -0.05) is 24.0 Å². The van der Waals surface area contributed by atoms with E-state index in [0.717, 1.165) is 5.56 Å². The number of likely N-dealkylation sites (N-methyl/N-ethyl adjacent to an activating group) is 1. The van der Waals surface area contributed by atoms with E-state index in [1.54, 1.807) is 44.4 Å². The van der Waals surface area contributed by atoms with Crippen LogP contribution in [0.3, 0.4) is 0 Å². The van der Waals surface area contributed by atoms with Gasteiger partial charge in [0.05, 0.1) is 26.2 Å². The average molecular weight is 339 g/mol. The third-order valence-electron chi connectivity index (χ3n) is 3.17. The summed E-state index contributed by atoms with van der Waals surface area (Å²) < 4.78 is 16.5. The first-order valence-electron chi connectivity index (χ1n) is 6.61. The van der Waals surface area contributed by atoms with Gasteiger partial charge in [-0.25, -0.2) is 0 Å². The third-order valence-corrected chi connectivity index (χ3v) is 4.55. The number of methoxy groups -OCH3 is 3. The smallest absolute Gasteiger partial charge is 0.266 e. The van der Waals surface area contributed by atoms with E-state index in [1.807, 2.05) is 6.92 Å². The van der Waals surface area contributed by atoms with Gasteiger partial charge < -0.3 is 14.2 Å². The predicted molar refractivity (Wildman–Crippen MR) is 91.7 cm³/mol. The van der Waals surface area contributed by atoms with Crippen molar-refractivity contribution in [2.45, 2.75) is 6.92 Å². The van der Waals surface area contributed by atoms with E-state index >= 15 is 0 Å². The minimum Gasteiger partial charge on any atom is -0.493 e. The van der Waals surface area contributed by atoms with E-state index in [-0.39, 0.29) is 5.91 Å². The fourth-order valence-electron chi connectivity index (χ4n) is 2.11. The van der Waals surface area contributed by atoms with Crippen LogP contribution in [0.5, 0.6) is 17.2 Å². The number of carbonyl (C=O) groups excluding carboxylic acids is 1. The zero-order valence-electron chi connectivity index (χ0n) is 12.8. The lowest BCUT2D eigenvalue weighted by Crippen LogP contribution is -2.27. The van der Waals surface area contributed by atoms with Crippen molar-refractivity contribution in [1.29, 1.82) is 0 Å². The number of benzene rings is 1. The maximum atomic E-state index is 12.2. The summed E-state index contributed by atoms with van der Waals surface area (Å²) in [5.41, 5.74) is 0.783. The number of hydrogen-bond donors (Lipinski definition) is 0. The summed E-state index contributed by atoms with van der Waals surface area (Å²) in [6.45, 7) is 2.46. The number of thiocarbonyl (C=S) groups is 1. The quantitative estimate of drug-likeness (QED) is 0.607. The standard InChI is InChI=1S/C15H17NO4S2/c1-5-16-14(17)12(22-15(16)21)8-9-6-10(18-2)13(20-4)11(7-9)19-3/h6-8H,5H2,1-4H3/b12-8-. The second kappa shape index (κ2) is 7.02. The lowest BCUT2D eigenvalue weighted by molar-refractivity contribution is -0.121. The van der Waals surface area contributed by atoms with Crippen molar-refractivity contribution < 1.29 is 19.0 Å². The van der Waals surface area contributed by atoms with Crippen LogP contribution in [0.1, 0.15) is 12.5 Å². The Morgan fingerprint density at radius 3 is 2.18 bits per heavy atom. The Labute approximate surface area is 139 Å². The Kier molecular flexibility index (Phi) is 5.31. The summed E-state index contributed by atoms with van der Waals surface area (Å²) in [5.74, 6) is 1.52. The molecule has 5 nitrogen and oxygen atoms in total. The number of rotatable bonds is 5. The molecular weight excluding hydrogens is 322 g/mol. The van der Waals surface area contributed by atoms with Crippen LogP contribution in [0.4, 0.5) is 0 Å². The lowest BCUT2D eigenvalue weighted by Gasteiger charge is -2.13. The molecule has 0 aromatic heterocycles. The molecule has 7 heteroatoms. The normalized spacial score (nSPS) is 16.4. The molecule has 0 bridgehead atoms. The van der Waals surface area contributed by atoms with E-state index < -0.39 is 0 Å². The van der Waals surface area contributed by atoms with Crippen LogP contribution in [0, 0.1) is 0 Å². The molecule has 1 fully saturated rings. The molecule has 22 heavy (non-hydrogen) atoms. The monoisotopic (exact) mass is 339 g/mol. The first-order chi connectivity index (χ1) is 10.5. The van der Waals surface area contributed by atoms with Gasteiger partial charge in [0.1, 0.15) is 4.32 Å². The van der Waals surface area contributed by atoms with Crippen molar-refractivity contribution in [2.75, 3.05) is 27.9 Å². The summed E-state index contributed by atoms with van der Waals surface area (Å²) in [4.78, 5) is 14.4. The highest BCUT2D eigenvalue weighted by Crippen LogP contribution is 2.40. The van der Waals surface area contributed by atoms with E-state index in [4.69, 9.17) is 26.4 Å². The van der Waals surface area contributed by atoms with Crippen molar-refractivity contribution in [1.82, 2.24) is 4.90 Å². The number of amides is 1. The second-order valence-corrected chi connectivity index (χ2v) is 6.06. The Balaban J connectivity index is 2.44. The number of ether oxygens (including phenoxy) is 3. The van der Waals surface area contributed by atoms with Crippen LogP contribution in [-0.2, 0) is 4.79 Å². The van der Waals surface area contributed by atoms with E-state index in [9.17, 15) is 4.79 Å². The zero-order valence-corrected chi connectivity index (χ0v) is 14.5. The van der Waals surface area contributed by atoms with Crippen LogP contribution < -0.4 is 14.2 Å². The van der Waals surface area contributed by atoms with Gasteiger partial charge in [0.15, 0.2) is 11.5 Å². The Bertz CT molecular complexity index is 617. The molecule has 1 saturated heterocycles. The molecule has 1 aliphatic rings. The van der Waals surface area contributed by atoms with E-state index in [2.05, 4.69) is 0 Å². The maximum Gasteiger partial charge on any atom is 0.266 e. The van der Waals surface area contributed by atoms with Crippen molar-refractivity contribution in [2.24, 2.45) is 0 Å². The van der Waals surface area contributed by atoms with Crippen molar-refractivity contribution >= 4 is 40.3 Å². The van der Waals surface area contributed by atoms with Crippen molar-refractivity contribution in [3.05, 3.63) is 22.6 Å². The van der Waals surface area contributed by atoms with Gasteiger partial charge in [-0.3, -0.25) is 9.69 Å². The Morgan fingerprint density at radius 1 is 1.18 bits per heavy atom. The summed E-state index contributed by atoms with van der Waals surface area (Å²) in [7, 11) is 4.65.